The third kappa shape index (κ3) is 4.53. The Morgan fingerprint density at radius 3 is 2.62 bits per heavy atom. The van der Waals surface area contributed by atoms with Gasteiger partial charge in [-0.25, -0.2) is 4.39 Å². The van der Waals surface area contributed by atoms with Crippen molar-refractivity contribution in [3.8, 4) is 5.75 Å². The van der Waals surface area contributed by atoms with Gasteiger partial charge < -0.3 is 15.8 Å². The largest absolute Gasteiger partial charge is 0.496 e. The summed E-state index contributed by atoms with van der Waals surface area (Å²) in [5.41, 5.74) is 5.47. The van der Waals surface area contributed by atoms with Crippen molar-refractivity contribution in [1.82, 2.24) is 5.32 Å². The molecule has 0 fully saturated rings. The van der Waals surface area contributed by atoms with E-state index in [0.29, 0.717) is 11.3 Å². The smallest absolute Gasteiger partial charge is 0.269 e. The Bertz CT molecular complexity index is 856. The Kier molecular flexibility index (Phi) is 5.84. The summed E-state index contributed by atoms with van der Waals surface area (Å²) in [5, 5.41) is 13.3. The number of methoxy groups -OCH3 is 1. The molecule has 9 heteroatoms. The third-order valence-electron chi connectivity index (χ3n) is 3.63. The normalized spacial score (nSPS) is 11.5. The number of hydrogen-bond donors (Lipinski definition) is 2. The van der Waals surface area contributed by atoms with Gasteiger partial charge in [0.1, 0.15) is 17.6 Å². The average molecular weight is 361 g/mol. The number of nitrogens with two attached hydrogens (primary N) is 1. The molecule has 2 rings (SSSR count). The summed E-state index contributed by atoms with van der Waals surface area (Å²) in [7, 11) is 1.37. The van der Waals surface area contributed by atoms with Crippen LogP contribution in [0, 0.1) is 15.9 Å². The summed E-state index contributed by atoms with van der Waals surface area (Å²) >= 11 is 0. The minimum Gasteiger partial charge on any atom is -0.496 e. The van der Waals surface area contributed by atoms with Crippen LogP contribution in [0.4, 0.5) is 10.1 Å². The molecule has 0 heterocycles. The molecule has 1 atom stereocenters. The number of nitro benzene ring substituents is 1. The van der Waals surface area contributed by atoms with E-state index in [-0.39, 0.29) is 17.7 Å². The molecule has 0 aromatic heterocycles. The van der Waals surface area contributed by atoms with Crippen LogP contribution >= 0.6 is 0 Å². The number of primary amides is 1. The maximum atomic E-state index is 13.2. The predicted molar refractivity (Wildman–Crippen MR) is 90.2 cm³/mol. The first-order valence-corrected chi connectivity index (χ1v) is 7.49. The first-order chi connectivity index (χ1) is 12.3. The van der Waals surface area contributed by atoms with Crippen molar-refractivity contribution in [3.05, 3.63) is 69.5 Å². The number of ether oxygens (including phenoxy) is 1. The molecule has 8 nitrogen and oxygen atoms in total. The lowest BCUT2D eigenvalue weighted by Crippen LogP contribution is -2.45. The summed E-state index contributed by atoms with van der Waals surface area (Å²) in [6.07, 6.45) is -0.124. The van der Waals surface area contributed by atoms with Crippen molar-refractivity contribution < 1.29 is 23.6 Å². The summed E-state index contributed by atoms with van der Waals surface area (Å²) < 4.78 is 18.4. The van der Waals surface area contributed by atoms with Gasteiger partial charge in [-0.05, 0) is 24.3 Å². The van der Waals surface area contributed by atoms with Crippen molar-refractivity contribution >= 4 is 17.5 Å². The van der Waals surface area contributed by atoms with Gasteiger partial charge in [-0.15, -0.1) is 0 Å². The van der Waals surface area contributed by atoms with Crippen molar-refractivity contribution in [2.24, 2.45) is 5.73 Å². The fraction of sp³-hybridized carbons (Fsp3) is 0.176. The van der Waals surface area contributed by atoms with Crippen molar-refractivity contribution in [2.45, 2.75) is 12.5 Å². The Labute approximate surface area is 147 Å². The molecule has 26 heavy (non-hydrogen) atoms. The van der Waals surface area contributed by atoms with Crippen molar-refractivity contribution in [1.29, 1.82) is 0 Å². The van der Waals surface area contributed by atoms with E-state index >= 15 is 0 Å². The van der Waals surface area contributed by atoms with Crippen LogP contribution in [0.5, 0.6) is 5.75 Å². The molecule has 0 radical (unpaired) electrons. The molecule has 2 amide bonds. The highest BCUT2D eigenvalue weighted by Gasteiger charge is 2.23. The quantitative estimate of drug-likeness (QED) is 0.572. The molecule has 3 N–H and O–H groups in total. The summed E-state index contributed by atoms with van der Waals surface area (Å²) in [6.45, 7) is 0. The number of rotatable bonds is 7. The van der Waals surface area contributed by atoms with Gasteiger partial charge in [-0.3, -0.25) is 19.7 Å². The van der Waals surface area contributed by atoms with Crippen LogP contribution in [0.25, 0.3) is 0 Å². The molecule has 0 aliphatic heterocycles. The van der Waals surface area contributed by atoms with E-state index in [9.17, 15) is 24.1 Å². The zero-order valence-electron chi connectivity index (χ0n) is 13.8. The summed E-state index contributed by atoms with van der Waals surface area (Å²) in [4.78, 5) is 34.3. The van der Waals surface area contributed by atoms with Crippen LogP contribution in [0.1, 0.15) is 15.9 Å². The fourth-order valence-corrected chi connectivity index (χ4v) is 2.35. The Morgan fingerprint density at radius 2 is 2.04 bits per heavy atom. The molecule has 2 aromatic carbocycles. The van der Waals surface area contributed by atoms with Gasteiger partial charge in [-0.2, -0.15) is 0 Å². The molecular weight excluding hydrogens is 345 g/mol. The highest BCUT2D eigenvalue weighted by atomic mass is 19.1. The van der Waals surface area contributed by atoms with E-state index in [4.69, 9.17) is 10.5 Å². The van der Waals surface area contributed by atoms with E-state index in [2.05, 4.69) is 5.32 Å². The predicted octanol–water partition coefficient (Wildman–Crippen LogP) is 1.57. The molecule has 0 saturated heterocycles. The van der Waals surface area contributed by atoms with Crippen molar-refractivity contribution in [3.63, 3.8) is 0 Å². The molecule has 136 valence electrons. The zero-order valence-corrected chi connectivity index (χ0v) is 13.8. The number of non-ortho nitro benzene ring substituents is 1. The van der Waals surface area contributed by atoms with Crippen LogP contribution < -0.4 is 15.8 Å². The van der Waals surface area contributed by atoms with Gasteiger partial charge in [0.15, 0.2) is 0 Å². The van der Waals surface area contributed by atoms with Crippen LogP contribution in [-0.4, -0.2) is 29.9 Å². The van der Waals surface area contributed by atoms with E-state index in [1.165, 1.54) is 43.5 Å². The SMILES string of the molecule is COc1ccc([N+](=O)[O-])cc1C[C@@H](NC(=O)c1cccc(F)c1)C(N)=O. The molecule has 0 bridgehead atoms. The number of hydrogen-bond acceptors (Lipinski definition) is 5. The zero-order chi connectivity index (χ0) is 19.3. The van der Waals surface area contributed by atoms with E-state index in [1.807, 2.05) is 0 Å². The average Bonchev–Trinajstić information content (AvgIpc) is 2.60. The summed E-state index contributed by atoms with van der Waals surface area (Å²) in [5.74, 6) is -1.84. The fourth-order valence-electron chi connectivity index (χ4n) is 2.35. The standard InChI is InChI=1S/C17H16FN3O5/c1-26-15-6-5-13(21(24)25)8-11(15)9-14(16(19)22)20-17(23)10-3-2-4-12(18)7-10/h2-8,14H,9H2,1H3,(H2,19,22)(H,20,23)/t14-/m1/s1. The highest BCUT2D eigenvalue weighted by molar-refractivity contribution is 5.97. The number of nitrogens with zero attached hydrogens (tertiary/aromatic N) is 1. The van der Waals surface area contributed by atoms with E-state index < -0.39 is 28.6 Å². The van der Waals surface area contributed by atoms with Crippen LogP contribution in [0.2, 0.25) is 0 Å². The maximum absolute atomic E-state index is 13.2. The lowest BCUT2D eigenvalue weighted by atomic mass is 10.0. The molecule has 0 saturated carbocycles. The lowest BCUT2D eigenvalue weighted by Gasteiger charge is -2.17. The molecule has 2 aromatic rings. The van der Waals surface area contributed by atoms with Crippen molar-refractivity contribution in [2.75, 3.05) is 7.11 Å². The number of amides is 2. The molecule has 0 unspecified atom stereocenters. The third-order valence-corrected chi connectivity index (χ3v) is 3.63. The van der Waals surface area contributed by atoms with Gasteiger partial charge in [-0.1, -0.05) is 6.07 Å². The molecular formula is C17H16FN3O5. The summed E-state index contributed by atoms with van der Waals surface area (Å²) in [6, 6.07) is 7.65. The number of nitrogens with one attached hydrogen (secondary N) is 1. The highest BCUT2D eigenvalue weighted by Crippen LogP contribution is 2.25. The first kappa shape index (κ1) is 18.8. The van der Waals surface area contributed by atoms with Gasteiger partial charge >= 0.3 is 0 Å². The Morgan fingerprint density at radius 1 is 1.31 bits per heavy atom. The van der Waals surface area contributed by atoms with E-state index in [0.717, 1.165) is 6.07 Å². The maximum Gasteiger partial charge on any atom is 0.269 e. The molecule has 0 spiro atoms. The molecule has 0 aliphatic carbocycles. The van der Waals surface area contributed by atoms with Gasteiger partial charge in [0.2, 0.25) is 5.91 Å². The first-order valence-electron chi connectivity index (χ1n) is 7.49. The van der Waals surface area contributed by atoms with Gasteiger partial charge in [0.25, 0.3) is 11.6 Å². The number of carbonyl (C=O) groups excluding carboxylic acids is 2. The number of carbonyl (C=O) groups is 2. The Balaban J connectivity index is 2.26. The molecule has 0 aliphatic rings. The number of halogens is 1. The minimum absolute atomic E-state index is 0.0160. The second-order valence-corrected chi connectivity index (χ2v) is 5.40. The van der Waals surface area contributed by atoms with Crippen LogP contribution in [0.15, 0.2) is 42.5 Å². The van der Waals surface area contributed by atoms with Gasteiger partial charge in [0.05, 0.1) is 12.0 Å². The van der Waals surface area contributed by atoms with Crippen LogP contribution in [-0.2, 0) is 11.2 Å². The second-order valence-electron chi connectivity index (χ2n) is 5.40. The second kappa shape index (κ2) is 8.06. The van der Waals surface area contributed by atoms with E-state index in [1.54, 1.807) is 0 Å². The number of benzene rings is 2. The Hall–Kier alpha value is -3.49. The number of nitro groups is 1. The van der Waals surface area contributed by atoms with Gasteiger partial charge in [0, 0.05) is 29.7 Å². The van der Waals surface area contributed by atoms with Crippen LogP contribution in [0.3, 0.4) is 0 Å². The lowest BCUT2D eigenvalue weighted by molar-refractivity contribution is -0.384. The topological polar surface area (TPSA) is 125 Å². The monoisotopic (exact) mass is 361 g/mol. The minimum atomic E-state index is -1.17.